The zero-order valence-corrected chi connectivity index (χ0v) is 16.3. The quantitative estimate of drug-likeness (QED) is 0.672. The highest BCUT2D eigenvalue weighted by atomic mass is 35.5. The van der Waals surface area contributed by atoms with E-state index in [-0.39, 0.29) is 18.0 Å². The van der Waals surface area contributed by atoms with Crippen LogP contribution in [-0.4, -0.2) is 15.8 Å². The van der Waals surface area contributed by atoms with Crippen molar-refractivity contribution in [3.63, 3.8) is 0 Å². The summed E-state index contributed by atoms with van der Waals surface area (Å²) in [6.45, 7) is 4.54. The summed E-state index contributed by atoms with van der Waals surface area (Å²) in [6, 6.07) is 15.4. The molecule has 1 amide bonds. The number of aromatic amines is 1. The van der Waals surface area contributed by atoms with E-state index in [1.54, 1.807) is 11.0 Å². The van der Waals surface area contributed by atoms with E-state index in [0.29, 0.717) is 23.6 Å². The minimum absolute atomic E-state index is 0.0169. The Bertz CT molecular complexity index is 1030. The molecule has 2 aromatic carbocycles. The van der Waals surface area contributed by atoms with Gasteiger partial charge in [0, 0.05) is 29.1 Å². The first-order chi connectivity index (χ1) is 13.0. The summed E-state index contributed by atoms with van der Waals surface area (Å²) in [7, 11) is 0. The van der Waals surface area contributed by atoms with Gasteiger partial charge in [-0.2, -0.15) is 0 Å². The van der Waals surface area contributed by atoms with Crippen molar-refractivity contribution in [3.05, 3.63) is 80.6 Å². The van der Waals surface area contributed by atoms with Crippen LogP contribution in [0.5, 0.6) is 0 Å². The lowest BCUT2D eigenvalue weighted by atomic mass is 10.1. The molecular formula is C22H23ClN2O2. The van der Waals surface area contributed by atoms with Gasteiger partial charge in [-0.15, -0.1) is 0 Å². The van der Waals surface area contributed by atoms with Crippen molar-refractivity contribution in [2.24, 2.45) is 0 Å². The van der Waals surface area contributed by atoms with E-state index in [9.17, 15) is 9.59 Å². The maximum atomic E-state index is 12.5. The monoisotopic (exact) mass is 382 g/mol. The first-order valence-electron chi connectivity index (χ1n) is 9.17. The molecule has 0 bridgehead atoms. The van der Waals surface area contributed by atoms with E-state index in [1.165, 1.54) is 5.56 Å². The number of halogens is 1. The molecule has 1 N–H and O–H groups in total. The number of aryl methyl sites for hydroxylation is 1. The minimum atomic E-state index is -0.167. The molecule has 0 saturated carbocycles. The number of rotatable bonds is 6. The Morgan fingerprint density at radius 1 is 1.04 bits per heavy atom. The molecule has 0 unspecified atom stereocenters. The molecule has 27 heavy (non-hydrogen) atoms. The SMILES string of the molecule is CCC(=O)N(Cc1ccccc1Cl)Cc1cc2cc(CC)ccc2[nH]c1=O. The van der Waals surface area contributed by atoms with Crippen LogP contribution < -0.4 is 5.56 Å². The second-order valence-electron chi connectivity index (χ2n) is 6.59. The predicted molar refractivity (Wildman–Crippen MR) is 110 cm³/mol. The molecule has 0 aliphatic heterocycles. The zero-order chi connectivity index (χ0) is 19.4. The van der Waals surface area contributed by atoms with Gasteiger partial charge in [-0.1, -0.05) is 49.7 Å². The smallest absolute Gasteiger partial charge is 0.253 e. The number of carbonyl (C=O) groups excluding carboxylic acids is 1. The van der Waals surface area contributed by atoms with Crippen molar-refractivity contribution in [3.8, 4) is 0 Å². The lowest BCUT2D eigenvalue weighted by Crippen LogP contribution is -2.32. The van der Waals surface area contributed by atoms with Crippen LogP contribution in [-0.2, 0) is 24.3 Å². The zero-order valence-electron chi connectivity index (χ0n) is 15.6. The fourth-order valence-corrected chi connectivity index (χ4v) is 3.33. The lowest BCUT2D eigenvalue weighted by molar-refractivity contribution is -0.132. The van der Waals surface area contributed by atoms with Crippen molar-refractivity contribution in [1.29, 1.82) is 0 Å². The molecule has 0 atom stereocenters. The van der Waals surface area contributed by atoms with Gasteiger partial charge in [0.1, 0.15) is 0 Å². The fraction of sp³-hybridized carbons (Fsp3) is 0.273. The van der Waals surface area contributed by atoms with Crippen molar-refractivity contribution in [1.82, 2.24) is 9.88 Å². The van der Waals surface area contributed by atoms with Gasteiger partial charge in [0.15, 0.2) is 0 Å². The van der Waals surface area contributed by atoms with Crippen molar-refractivity contribution < 1.29 is 4.79 Å². The van der Waals surface area contributed by atoms with E-state index in [1.807, 2.05) is 43.3 Å². The molecule has 140 valence electrons. The number of fused-ring (bicyclic) bond motifs is 1. The number of nitrogens with zero attached hydrogens (tertiary/aromatic N) is 1. The third-order valence-electron chi connectivity index (χ3n) is 4.73. The summed E-state index contributed by atoms with van der Waals surface area (Å²) in [5.41, 5.74) is 3.29. The Morgan fingerprint density at radius 2 is 1.78 bits per heavy atom. The van der Waals surface area contributed by atoms with E-state index in [0.717, 1.165) is 22.9 Å². The molecule has 3 rings (SSSR count). The van der Waals surface area contributed by atoms with Gasteiger partial charge in [-0.25, -0.2) is 0 Å². The molecule has 1 aromatic heterocycles. The summed E-state index contributed by atoms with van der Waals surface area (Å²) >= 11 is 6.26. The molecular weight excluding hydrogens is 360 g/mol. The highest BCUT2D eigenvalue weighted by molar-refractivity contribution is 6.31. The predicted octanol–water partition coefficient (Wildman–Crippen LogP) is 4.68. The normalized spacial score (nSPS) is 10.9. The number of pyridine rings is 1. The number of amides is 1. The first kappa shape index (κ1) is 19.2. The molecule has 0 saturated heterocycles. The minimum Gasteiger partial charge on any atom is -0.334 e. The Labute approximate surface area is 163 Å². The standard InChI is InChI=1S/C22H23ClN2O2/c1-3-15-9-10-20-17(11-15)12-18(22(27)24-20)14-25(21(26)4-2)13-16-7-5-6-8-19(16)23/h5-12H,3-4,13-14H2,1-2H3,(H,24,27). The molecule has 0 aliphatic rings. The molecule has 5 heteroatoms. The second kappa shape index (κ2) is 8.40. The van der Waals surface area contributed by atoms with E-state index in [4.69, 9.17) is 11.6 Å². The first-order valence-corrected chi connectivity index (χ1v) is 9.55. The summed E-state index contributed by atoms with van der Waals surface area (Å²) in [5, 5.41) is 1.59. The maximum Gasteiger partial charge on any atom is 0.253 e. The summed E-state index contributed by atoms with van der Waals surface area (Å²) in [6.07, 6.45) is 1.30. The van der Waals surface area contributed by atoms with Crippen LogP contribution >= 0.6 is 11.6 Å². The van der Waals surface area contributed by atoms with E-state index < -0.39 is 0 Å². The summed E-state index contributed by atoms with van der Waals surface area (Å²) in [5.74, 6) is -0.0169. The Kier molecular flexibility index (Phi) is 5.97. The molecule has 4 nitrogen and oxygen atoms in total. The van der Waals surface area contributed by atoms with Gasteiger partial charge in [0.05, 0.1) is 6.54 Å². The van der Waals surface area contributed by atoms with Crippen molar-refractivity contribution in [2.75, 3.05) is 0 Å². The molecule has 0 aliphatic carbocycles. The number of H-pyrrole nitrogens is 1. The van der Waals surface area contributed by atoms with E-state index in [2.05, 4.69) is 18.0 Å². The van der Waals surface area contributed by atoms with Crippen LogP contribution in [0.25, 0.3) is 10.9 Å². The molecule has 0 fully saturated rings. The van der Waals surface area contributed by atoms with Crippen molar-refractivity contribution >= 4 is 28.4 Å². The largest absolute Gasteiger partial charge is 0.334 e. The lowest BCUT2D eigenvalue weighted by Gasteiger charge is -2.23. The molecule has 3 aromatic rings. The topological polar surface area (TPSA) is 53.2 Å². The second-order valence-corrected chi connectivity index (χ2v) is 7.00. The Morgan fingerprint density at radius 3 is 2.48 bits per heavy atom. The summed E-state index contributed by atoms with van der Waals surface area (Å²) in [4.78, 5) is 29.6. The van der Waals surface area contributed by atoms with Gasteiger partial charge in [-0.05, 0) is 47.2 Å². The summed E-state index contributed by atoms with van der Waals surface area (Å²) < 4.78 is 0. The number of benzene rings is 2. The number of hydrogen-bond acceptors (Lipinski definition) is 2. The van der Waals surface area contributed by atoms with Crippen LogP contribution in [0.1, 0.15) is 37.0 Å². The fourth-order valence-electron chi connectivity index (χ4n) is 3.13. The van der Waals surface area contributed by atoms with Gasteiger partial charge >= 0.3 is 0 Å². The Hall–Kier alpha value is -2.59. The number of aromatic nitrogens is 1. The maximum absolute atomic E-state index is 12.5. The van der Waals surface area contributed by atoms with Crippen LogP contribution in [0.3, 0.4) is 0 Å². The van der Waals surface area contributed by atoms with E-state index >= 15 is 0 Å². The molecule has 1 heterocycles. The third-order valence-corrected chi connectivity index (χ3v) is 5.10. The van der Waals surface area contributed by atoms with Gasteiger partial charge in [0.2, 0.25) is 5.91 Å². The average Bonchev–Trinajstić information content (AvgIpc) is 2.68. The number of nitrogens with one attached hydrogen (secondary N) is 1. The van der Waals surface area contributed by atoms with Crippen LogP contribution in [0, 0.1) is 0 Å². The third kappa shape index (κ3) is 4.40. The average molecular weight is 383 g/mol. The van der Waals surface area contributed by atoms with Gasteiger partial charge in [-0.3, -0.25) is 9.59 Å². The molecule has 0 spiro atoms. The molecule has 0 radical (unpaired) electrons. The van der Waals surface area contributed by atoms with Crippen LogP contribution in [0.4, 0.5) is 0 Å². The van der Waals surface area contributed by atoms with Crippen LogP contribution in [0.2, 0.25) is 5.02 Å². The number of carbonyl (C=O) groups is 1. The van der Waals surface area contributed by atoms with Crippen molar-refractivity contribution in [2.45, 2.75) is 39.8 Å². The van der Waals surface area contributed by atoms with Gasteiger partial charge in [0.25, 0.3) is 5.56 Å². The Balaban J connectivity index is 1.95. The number of hydrogen-bond donors (Lipinski definition) is 1. The highest BCUT2D eigenvalue weighted by Gasteiger charge is 2.16. The van der Waals surface area contributed by atoms with Gasteiger partial charge < -0.3 is 9.88 Å². The highest BCUT2D eigenvalue weighted by Crippen LogP contribution is 2.20. The van der Waals surface area contributed by atoms with Crippen LogP contribution in [0.15, 0.2) is 53.3 Å².